The molecule has 7 nitrogen and oxygen atoms in total. The molecule has 0 bridgehead atoms. The molecule has 44 heavy (non-hydrogen) atoms. The van der Waals surface area contributed by atoms with Gasteiger partial charge in [0.05, 0.1) is 6.42 Å². The topological polar surface area (TPSA) is 116 Å². The van der Waals surface area contributed by atoms with Crippen LogP contribution in [0.4, 0.5) is 13.2 Å². The first kappa shape index (κ1) is 30.5. The van der Waals surface area contributed by atoms with Gasteiger partial charge in [0.2, 0.25) is 0 Å². The molecule has 10 heteroatoms. The Kier molecular flexibility index (Phi) is 8.82. The summed E-state index contributed by atoms with van der Waals surface area (Å²) >= 11 is 0. The number of carboxylic acid groups (broad SMARTS) is 1. The summed E-state index contributed by atoms with van der Waals surface area (Å²) in [5.74, 6) is -3.89. The molecule has 0 aliphatic heterocycles. The van der Waals surface area contributed by atoms with Crippen LogP contribution in [0.2, 0.25) is 0 Å². The zero-order chi connectivity index (χ0) is 31.4. The molecule has 2 aliphatic carbocycles. The fraction of sp³-hybridized carbons (Fsp3) is 0.206. The molecule has 3 N–H and O–H groups in total. The van der Waals surface area contributed by atoms with E-state index in [2.05, 4.69) is 36.4 Å². The van der Waals surface area contributed by atoms with Gasteiger partial charge in [0, 0.05) is 0 Å². The van der Waals surface area contributed by atoms with E-state index in [1.807, 2.05) is 48.5 Å². The quantitative estimate of drug-likeness (QED) is 0.216. The molecular weight excluding hydrogens is 575 g/mol. The highest BCUT2D eigenvalue weighted by atomic mass is 19.4. The first-order valence-electron chi connectivity index (χ1n) is 13.8. The molecular formula is C34H28F3NO6. The molecule has 4 aromatic carbocycles. The lowest BCUT2D eigenvalue weighted by Gasteiger charge is -2.14. The Labute approximate surface area is 251 Å². The summed E-state index contributed by atoms with van der Waals surface area (Å²) in [6.45, 7) is 0.268. The Morgan fingerprint density at radius 3 is 1.61 bits per heavy atom. The molecule has 0 saturated carbocycles. The Morgan fingerprint density at radius 2 is 1.14 bits per heavy atom. The standard InChI is InChI=1S/C32H27NO4.C2HF3O2/c33-30(32(35)37-19-23-10-6-14-27-25-12-4-2-8-21(25)16-29(23)27)17-31(34)36-18-22-9-5-13-26-24-11-3-1-7-20(24)15-28(22)26;3-2(4,5)1(6)7/h1-14,30H,15-19,33H2;(H,6,7)/t30-;/m0./s1. The van der Waals surface area contributed by atoms with Gasteiger partial charge in [0.25, 0.3) is 0 Å². The van der Waals surface area contributed by atoms with E-state index in [1.54, 1.807) is 0 Å². The van der Waals surface area contributed by atoms with Crippen molar-refractivity contribution >= 4 is 17.9 Å². The van der Waals surface area contributed by atoms with E-state index in [0.29, 0.717) is 0 Å². The fourth-order valence-electron chi connectivity index (χ4n) is 5.45. The van der Waals surface area contributed by atoms with Gasteiger partial charge in [0.15, 0.2) is 0 Å². The van der Waals surface area contributed by atoms with Crippen molar-refractivity contribution in [3.63, 3.8) is 0 Å². The summed E-state index contributed by atoms with van der Waals surface area (Å²) in [6, 6.07) is 27.6. The van der Waals surface area contributed by atoms with Crippen LogP contribution >= 0.6 is 0 Å². The smallest absolute Gasteiger partial charge is 0.475 e. The molecule has 0 saturated heterocycles. The highest BCUT2D eigenvalue weighted by molar-refractivity contribution is 5.83. The van der Waals surface area contributed by atoms with Crippen LogP contribution in [0.15, 0.2) is 84.9 Å². The van der Waals surface area contributed by atoms with Crippen molar-refractivity contribution in [2.24, 2.45) is 5.73 Å². The first-order chi connectivity index (χ1) is 21.0. The van der Waals surface area contributed by atoms with Gasteiger partial charge in [-0.15, -0.1) is 0 Å². The second-order valence-electron chi connectivity index (χ2n) is 10.4. The number of hydrogen-bond donors (Lipinski definition) is 2. The van der Waals surface area contributed by atoms with Gasteiger partial charge in [-0.25, -0.2) is 4.79 Å². The summed E-state index contributed by atoms with van der Waals surface area (Å²) < 4.78 is 42.7. The fourth-order valence-corrected chi connectivity index (χ4v) is 5.45. The van der Waals surface area contributed by atoms with Gasteiger partial charge in [-0.1, -0.05) is 84.9 Å². The van der Waals surface area contributed by atoms with Crippen molar-refractivity contribution in [1.82, 2.24) is 0 Å². The number of esters is 2. The number of nitrogens with two attached hydrogens (primary N) is 1. The average molecular weight is 604 g/mol. The van der Waals surface area contributed by atoms with Crippen molar-refractivity contribution in [2.45, 2.75) is 44.7 Å². The molecule has 0 aromatic heterocycles. The number of benzene rings is 4. The predicted molar refractivity (Wildman–Crippen MR) is 155 cm³/mol. The number of aliphatic carboxylic acids is 1. The Bertz CT molecular complexity index is 1730. The number of carboxylic acids is 1. The normalized spacial score (nSPS) is 12.9. The van der Waals surface area contributed by atoms with Crippen LogP contribution in [0.5, 0.6) is 0 Å². The molecule has 0 heterocycles. The molecule has 0 radical (unpaired) electrons. The van der Waals surface area contributed by atoms with Crippen LogP contribution in [0.1, 0.15) is 39.8 Å². The Hall–Kier alpha value is -4.96. The molecule has 0 amide bonds. The summed E-state index contributed by atoms with van der Waals surface area (Å²) in [5.41, 5.74) is 17.6. The SMILES string of the molecule is N[C@@H](CC(=O)OCc1cccc2c1Cc1ccccc1-2)C(=O)OCc1cccc2c1Cc1ccccc1-2.O=C(O)C(F)(F)F. The number of rotatable bonds is 7. The monoisotopic (exact) mass is 603 g/mol. The maximum atomic E-state index is 12.6. The lowest BCUT2D eigenvalue weighted by Crippen LogP contribution is -2.35. The van der Waals surface area contributed by atoms with Gasteiger partial charge in [-0.3, -0.25) is 9.59 Å². The summed E-state index contributed by atoms with van der Waals surface area (Å²) in [7, 11) is 0. The molecule has 226 valence electrons. The van der Waals surface area contributed by atoms with Crippen LogP contribution < -0.4 is 5.73 Å². The van der Waals surface area contributed by atoms with Crippen molar-refractivity contribution in [2.75, 3.05) is 0 Å². The Morgan fingerprint density at radius 1 is 0.705 bits per heavy atom. The lowest BCUT2D eigenvalue weighted by atomic mass is 10.0. The van der Waals surface area contributed by atoms with Crippen LogP contribution in [0, 0.1) is 0 Å². The number of carbonyl (C=O) groups excluding carboxylic acids is 2. The maximum absolute atomic E-state index is 12.6. The average Bonchev–Trinajstić information content (AvgIpc) is 3.58. The van der Waals surface area contributed by atoms with E-state index in [4.69, 9.17) is 25.1 Å². The second-order valence-corrected chi connectivity index (χ2v) is 10.4. The second kappa shape index (κ2) is 12.7. The molecule has 0 fully saturated rings. The summed E-state index contributed by atoms with van der Waals surface area (Å²) in [5, 5.41) is 7.12. The van der Waals surface area contributed by atoms with Gasteiger partial charge in [-0.05, 0) is 68.5 Å². The highest BCUT2D eigenvalue weighted by Crippen LogP contribution is 2.39. The molecule has 0 spiro atoms. The van der Waals surface area contributed by atoms with Crippen LogP contribution in [-0.2, 0) is 49.9 Å². The van der Waals surface area contributed by atoms with Crippen molar-refractivity contribution in [1.29, 1.82) is 0 Å². The maximum Gasteiger partial charge on any atom is 0.490 e. The number of fused-ring (bicyclic) bond motifs is 6. The van der Waals surface area contributed by atoms with Gasteiger partial charge < -0.3 is 20.3 Å². The zero-order valence-corrected chi connectivity index (χ0v) is 23.4. The van der Waals surface area contributed by atoms with Crippen molar-refractivity contribution < 1.29 is 42.1 Å². The van der Waals surface area contributed by atoms with E-state index in [-0.39, 0.29) is 19.6 Å². The zero-order valence-electron chi connectivity index (χ0n) is 23.4. The Balaban J connectivity index is 0.000000493. The van der Waals surface area contributed by atoms with Crippen LogP contribution in [0.3, 0.4) is 0 Å². The summed E-state index contributed by atoms with van der Waals surface area (Å²) in [6.07, 6.45) is -3.68. The van der Waals surface area contributed by atoms with Crippen molar-refractivity contribution in [3.8, 4) is 22.3 Å². The largest absolute Gasteiger partial charge is 0.490 e. The van der Waals surface area contributed by atoms with E-state index in [1.165, 1.54) is 44.5 Å². The number of alkyl halides is 3. The van der Waals surface area contributed by atoms with Gasteiger partial charge >= 0.3 is 24.1 Å². The van der Waals surface area contributed by atoms with Crippen LogP contribution in [0.25, 0.3) is 22.3 Å². The van der Waals surface area contributed by atoms with E-state index < -0.39 is 30.1 Å². The highest BCUT2D eigenvalue weighted by Gasteiger charge is 2.38. The third-order valence-corrected chi connectivity index (χ3v) is 7.59. The number of carbonyl (C=O) groups is 3. The minimum Gasteiger partial charge on any atom is -0.475 e. The van der Waals surface area contributed by atoms with E-state index in [9.17, 15) is 22.8 Å². The van der Waals surface area contributed by atoms with E-state index in [0.717, 1.165) is 24.0 Å². The lowest BCUT2D eigenvalue weighted by molar-refractivity contribution is -0.192. The third kappa shape index (κ3) is 6.65. The third-order valence-electron chi connectivity index (χ3n) is 7.59. The number of ether oxygens (including phenoxy) is 2. The molecule has 4 aromatic rings. The van der Waals surface area contributed by atoms with Gasteiger partial charge in [0.1, 0.15) is 19.3 Å². The summed E-state index contributed by atoms with van der Waals surface area (Å²) in [4.78, 5) is 34.0. The van der Waals surface area contributed by atoms with Crippen LogP contribution in [-0.4, -0.2) is 35.2 Å². The van der Waals surface area contributed by atoms with Gasteiger partial charge in [-0.2, -0.15) is 13.2 Å². The van der Waals surface area contributed by atoms with E-state index >= 15 is 0 Å². The molecule has 6 rings (SSSR count). The number of halogens is 3. The minimum atomic E-state index is -5.08. The molecule has 1 atom stereocenters. The minimum absolute atomic E-state index is 0.120. The van der Waals surface area contributed by atoms with Crippen molar-refractivity contribution in [3.05, 3.63) is 118 Å². The first-order valence-corrected chi connectivity index (χ1v) is 13.8. The predicted octanol–water partition coefficient (Wildman–Crippen LogP) is 5.97. The number of hydrogen-bond acceptors (Lipinski definition) is 6. The molecule has 0 unspecified atom stereocenters. The molecule has 2 aliphatic rings.